The molecule has 0 unspecified atom stereocenters. The van der Waals surface area contributed by atoms with Gasteiger partial charge in [0.15, 0.2) is 5.96 Å². The van der Waals surface area contributed by atoms with Gasteiger partial charge in [-0.1, -0.05) is 17.7 Å². The van der Waals surface area contributed by atoms with Gasteiger partial charge in [-0.2, -0.15) is 0 Å². The van der Waals surface area contributed by atoms with E-state index < -0.39 is 0 Å². The summed E-state index contributed by atoms with van der Waals surface area (Å²) in [5.41, 5.74) is 1.69. The van der Waals surface area contributed by atoms with Crippen LogP contribution in [-0.2, 0) is 4.79 Å². The lowest BCUT2D eigenvalue weighted by Gasteiger charge is -2.14. The number of carbonyl (C=O) groups excluding carboxylic acids is 1. The summed E-state index contributed by atoms with van der Waals surface area (Å²) in [6.07, 6.45) is 0.336. The zero-order valence-corrected chi connectivity index (χ0v) is 16.5. The van der Waals surface area contributed by atoms with E-state index in [4.69, 9.17) is 11.6 Å². The van der Waals surface area contributed by atoms with Crippen LogP contribution in [0.4, 0.5) is 5.69 Å². The normalized spacial score (nSPS) is 10.9. The Labute approximate surface area is 154 Å². The number of aliphatic imine (C=N–C) groups is 1. The molecule has 5 nitrogen and oxygen atoms in total. The molecule has 7 heteroatoms. The first-order valence-corrected chi connectivity index (χ1v) is 7.33. The third-order valence-electron chi connectivity index (χ3n) is 2.69. The molecular formula is C15H24ClIN4O. The van der Waals surface area contributed by atoms with Crippen molar-refractivity contribution in [1.82, 2.24) is 10.6 Å². The number of nitrogens with zero attached hydrogens (tertiary/aromatic N) is 1. The van der Waals surface area contributed by atoms with Crippen molar-refractivity contribution < 1.29 is 4.79 Å². The molecule has 0 saturated carbocycles. The highest BCUT2D eigenvalue weighted by Crippen LogP contribution is 2.22. The third-order valence-corrected chi connectivity index (χ3v) is 3.00. The Morgan fingerprint density at radius 3 is 2.59 bits per heavy atom. The Bertz CT molecular complexity index is 520. The van der Waals surface area contributed by atoms with Crippen molar-refractivity contribution in [3.63, 3.8) is 0 Å². The van der Waals surface area contributed by atoms with Crippen LogP contribution < -0.4 is 16.0 Å². The van der Waals surface area contributed by atoms with E-state index in [1.54, 1.807) is 7.05 Å². The van der Waals surface area contributed by atoms with Gasteiger partial charge in [0.2, 0.25) is 5.91 Å². The highest BCUT2D eigenvalue weighted by atomic mass is 127. The summed E-state index contributed by atoms with van der Waals surface area (Å²) in [6, 6.07) is 5.83. The Hall–Kier alpha value is -1.02. The highest BCUT2D eigenvalue weighted by Gasteiger charge is 2.06. The van der Waals surface area contributed by atoms with Crippen LogP contribution in [0, 0.1) is 6.92 Å². The summed E-state index contributed by atoms with van der Waals surface area (Å²) in [5.74, 6) is 0.597. The third kappa shape index (κ3) is 7.84. The molecule has 0 aliphatic rings. The van der Waals surface area contributed by atoms with E-state index in [0.29, 0.717) is 29.6 Å². The lowest BCUT2D eigenvalue weighted by Crippen LogP contribution is -2.41. The van der Waals surface area contributed by atoms with Crippen LogP contribution in [0.15, 0.2) is 23.2 Å². The van der Waals surface area contributed by atoms with E-state index in [1.165, 1.54) is 0 Å². The van der Waals surface area contributed by atoms with Gasteiger partial charge in [0.25, 0.3) is 0 Å². The number of rotatable bonds is 5. The van der Waals surface area contributed by atoms with E-state index >= 15 is 0 Å². The zero-order chi connectivity index (χ0) is 15.8. The topological polar surface area (TPSA) is 65.5 Å². The maximum absolute atomic E-state index is 11.9. The molecule has 0 bridgehead atoms. The number of aryl methyl sites for hydroxylation is 1. The minimum atomic E-state index is -0.0896. The number of hydrogen-bond donors (Lipinski definition) is 3. The van der Waals surface area contributed by atoms with Crippen LogP contribution in [0.1, 0.15) is 25.8 Å². The Balaban J connectivity index is 0.00000441. The second-order valence-corrected chi connectivity index (χ2v) is 5.49. The first kappa shape index (κ1) is 21.0. The number of guanidine groups is 1. The van der Waals surface area contributed by atoms with Gasteiger partial charge in [0.05, 0.1) is 10.7 Å². The zero-order valence-electron chi connectivity index (χ0n) is 13.4. The Morgan fingerprint density at radius 2 is 2.05 bits per heavy atom. The molecule has 0 fully saturated rings. The number of halogens is 2. The summed E-state index contributed by atoms with van der Waals surface area (Å²) in [5, 5.41) is 9.59. The van der Waals surface area contributed by atoms with Crippen LogP contribution in [0.2, 0.25) is 5.02 Å². The van der Waals surface area contributed by atoms with Crippen molar-refractivity contribution in [1.29, 1.82) is 0 Å². The number of anilines is 1. The molecule has 0 aliphatic carbocycles. The van der Waals surface area contributed by atoms with Gasteiger partial charge in [-0.05, 0) is 38.5 Å². The highest BCUT2D eigenvalue weighted by molar-refractivity contribution is 14.0. The van der Waals surface area contributed by atoms with Crippen molar-refractivity contribution in [2.45, 2.75) is 33.2 Å². The molecule has 0 radical (unpaired) electrons. The lowest BCUT2D eigenvalue weighted by molar-refractivity contribution is -0.116. The van der Waals surface area contributed by atoms with Crippen molar-refractivity contribution in [2.24, 2.45) is 4.99 Å². The predicted octanol–water partition coefficient (Wildman–Crippen LogP) is 3.17. The second-order valence-electron chi connectivity index (χ2n) is 5.08. The monoisotopic (exact) mass is 438 g/mol. The Morgan fingerprint density at radius 1 is 1.36 bits per heavy atom. The number of benzene rings is 1. The van der Waals surface area contributed by atoms with Crippen molar-refractivity contribution in [3.8, 4) is 0 Å². The number of amides is 1. The van der Waals surface area contributed by atoms with Crippen molar-refractivity contribution in [2.75, 3.05) is 18.9 Å². The molecule has 3 N–H and O–H groups in total. The quantitative estimate of drug-likeness (QED) is 0.376. The molecular weight excluding hydrogens is 415 g/mol. The average Bonchev–Trinajstić information content (AvgIpc) is 2.40. The van der Waals surface area contributed by atoms with E-state index in [9.17, 15) is 4.79 Å². The van der Waals surface area contributed by atoms with Crippen LogP contribution in [0.5, 0.6) is 0 Å². The van der Waals surface area contributed by atoms with Gasteiger partial charge < -0.3 is 16.0 Å². The molecule has 1 aromatic rings. The van der Waals surface area contributed by atoms with Gasteiger partial charge in [-0.15, -0.1) is 24.0 Å². The summed E-state index contributed by atoms with van der Waals surface area (Å²) in [7, 11) is 1.70. The van der Waals surface area contributed by atoms with Gasteiger partial charge in [-0.3, -0.25) is 9.79 Å². The molecule has 22 heavy (non-hydrogen) atoms. The maximum Gasteiger partial charge on any atom is 0.226 e. The molecule has 1 aromatic carbocycles. The fourth-order valence-electron chi connectivity index (χ4n) is 1.70. The maximum atomic E-state index is 11.9. The van der Waals surface area contributed by atoms with Gasteiger partial charge >= 0.3 is 0 Å². The predicted molar refractivity (Wildman–Crippen MR) is 104 cm³/mol. The molecule has 0 heterocycles. The van der Waals surface area contributed by atoms with Gasteiger partial charge in [0.1, 0.15) is 0 Å². The fraction of sp³-hybridized carbons (Fsp3) is 0.467. The minimum absolute atomic E-state index is 0. The van der Waals surface area contributed by atoms with Crippen LogP contribution in [-0.4, -0.2) is 31.5 Å². The molecule has 0 atom stereocenters. The van der Waals surface area contributed by atoms with Crippen LogP contribution >= 0.6 is 35.6 Å². The van der Waals surface area contributed by atoms with Crippen molar-refractivity contribution >= 4 is 53.1 Å². The second kappa shape index (κ2) is 10.7. The van der Waals surface area contributed by atoms with E-state index in [2.05, 4.69) is 20.9 Å². The average molecular weight is 439 g/mol. The first-order valence-electron chi connectivity index (χ1n) is 6.95. The minimum Gasteiger partial charge on any atom is -0.356 e. The lowest BCUT2D eigenvalue weighted by atomic mass is 10.2. The summed E-state index contributed by atoms with van der Waals surface area (Å²) in [4.78, 5) is 15.9. The van der Waals surface area contributed by atoms with Gasteiger partial charge in [0, 0.05) is 26.1 Å². The molecule has 0 spiro atoms. The fourth-order valence-corrected chi connectivity index (χ4v) is 1.98. The largest absolute Gasteiger partial charge is 0.356 e. The van der Waals surface area contributed by atoms with Crippen molar-refractivity contribution in [3.05, 3.63) is 28.8 Å². The molecule has 0 aromatic heterocycles. The molecule has 1 rings (SSSR count). The van der Waals surface area contributed by atoms with E-state index in [0.717, 1.165) is 5.56 Å². The van der Waals surface area contributed by atoms with E-state index in [1.807, 2.05) is 39.0 Å². The first-order chi connectivity index (χ1) is 9.92. The number of nitrogens with one attached hydrogen (secondary N) is 3. The molecule has 1 amide bonds. The molecule has 124 valence electrons. The van der Waals surface area contributed by atoms with Crippen LogP contribution in [0.25, 0.3) is 0 Å². The van der Waals surface area contributed by atoms with Crippen LogP contribution in [0.3, 0.4) is 0 Å². The smallest absolute Gasteiger partial charge is 0.226 e. The molecule has 0 saturated heterocycles. The summed E-state index contributed by atoms with van der Waals surface area (Å²) < 4.78 is 0. The number of carbonyl (C=O) groups is 1. The van der Waals surface area contributed by atoms with Gasteiger partial charge in [-0.25, -0.2) is 0 Å². The van der Waals surface area contributed by atoms with E-state index in [-0.39, 0.29) is 35.9 Å². The summed E-state index contributed by atoms with van der Waals surface area (Å²) >= 11 is 6.08. The summed E-state index contributed by atoms with van der Waals surface area (Å²) in [6.45, 7) is 6.51. The Kier molecular flexibility index (Phi) is 10.2. The molecule has 0 aliphatic heterocycles. The number of hydrogen-bond acceptors (Lipinski definition) is 2. The SMILES string of the molecule is CN=C(NCCC(=O)Nc1ccc(C)cc1Cl)NC(C)C.I. The standard InChI is InChI=1S/C15H23ClN4O.HI/c1-10(2)19-15(17-4)18-8-7-14(21)20-13-6-5-11(3)9-12(13)16;/h5-6,9-10H,7-8H2,1-4H3,(H,20,21)(H2,17,18,19);1H.